The Morgan fingerprint density at radius 1 is 0.914 bits per heavy atom. The molecule has 0 aliphatic carbocycles. The van der Waals surface area contributed by atoms with Gasteiger partial charge in [-0.1, -0.05) is 54.6 Å². The predicted octanol–water partition coefficient (Wildman–Crippen LogP) is 5.54. The van der Waals surface area contributed by atoms with Gasteiger partial charge in [-0.2, -0.15) is 0 Å². The molecule has 0 bridgehead atoms. The van der Waals surface area contributed by atoms with Crippen molar-refractivity contribution in [1.29, 1.82) is 0 Å². The third-order valence-corrected chi connectivity index (χ3v) is 5.73. The first-order chi connectivity index (χ1) is 16.6. The van der Waals surface area contributed by atoms with E-state index in [1.165, 1.54) is 24.9 Å². The van der Waals surface area contributed by atoms with E-state index in [2.05, 4.69) is 6.58 Å². The van der Waals surface area contributed by atoms with Crippen LogP contribution in [-0.2, 0) is 30.2 Å². The molecule has 0 saturated heterocycles. The Bertz CT molecular complexity index is 1230. The minimum Gasteiger partial charge on any atom is -0.468 e. The topological polar surface area (TPSA) is 83.8 Å². The molecular weight excluding hydrogens is 446 g/mol. The van der Waals surface area contributed by atoms with Crippen LogP contribution in [0.4, 0.5) is 4.79 Å². The lowest BCUT2D eigenvalue weighted by atomic mass is 9.77. The van der Waals surface area contributed by atoms with Crippen molar-refractivity contribution in [3.63, 3.8) is 0 Å². The van der Waals surface area contributed by atoms with Gasteiger partial charge < -0.3 is 14.2 Å². The third kappa shape index (κ3) is 4.99. The number of aromatic nitrogens is 1. The van der Waals surface area contributed by atoms with Crippen LogP contribution in [0.25, 0.3) is 22.2 Å². The van der Waals surface area contributed by atoms with Gasteiger partial charge in [0.15, 0.2) is 5.41 Å². The van der Waals surface area contributed by atoms with Crippen molar-refractivity contribution in [1.82, 2.24) is 4.57 Å². The van der Waals surface area contributed by atoms with Crippen LogP contribution in [0.1, 0.15) is 32.8 Å². The summed E-state index contributed by atoms with van der Waals surface area (Å²) in [5.41, 5.74) is 0.0565. The molecule has 184 valence electrons. The van der Waals surface area contributed by atoms with E-state index in [9.17, 15) is 14.4 Å². The van der Waals surface area contributed by atoms with Gasteiger partial charge >= 0.3 is 18.0 Å². The smallest absolute Gasteiger partial charge is 0.419 e. The van der Waals surface area contributed by atoms with Crippen LogP contribution < -0.4 is 0 Å². The second kappa shape index (κ2) is 10.2. The molecule has 0 aliphatic rings. The lowest BCUT2D eigenvalue weighted by molar-refractivity contribution is -0.168. The Balaban J connectivity index is 2.41. The van der Waals surface area contributed by atoms with Gasteiger partial charge in [-0.3, -0.25) is 9.59 Å². The summed E-state index contributed by atoms with van der Waals surface area (Å²) < 4.78 is 17.4. The minimum atomic E-state index is -1.68. The first kappa shape index (κ1) is 25.7. The van der Waals surface area contributed by atoms with E-state index in [4.69, 9.17) is 14.2 Å². The Kier molecular flexibility index (Phi) is 7.48. The number of nitrogens with zero attached hydrogens (tertiary/aromatic N) is 1. The minimum absolute atomic E-state index is 0.00742. The highest BCUT2D eigenvalue weighted by atomic mass is 16.6. The zero-order valence-corrected chi connectivity index (χ0v) is 20.8. The molecular formula is C28H31NO6. The number of carbonyl (C=O) groups excluding carboxylic acids is 3. The SMILES string of the molecule is C=CCC(Cc1c(-c2ccccc2)n(C(=O)OC(C)(C)C)c2ccccc12)(C(=O)OC)C(=O)OC. The number of rotatable bonds is 7. The zero-order valence-electron chi connectivity index (χ0n) is 20.8. The number of methoxy groups -OCH3 is 2. The Labute approximate surface area is 205 Å². The van der Waals surface area contributed by atoms with E-state index in [0.717, 1.165) is 5.56 Å². The fraction of sp³-hybridized carbons (Fsp3) is 0.321. The van der Waals surface area contributed by atoms with Crippen molar-refractivity contribution in [3.05, 3.63) is 72.8 Å². The summed E-state index contributed by atoms with van der Waals surface area (Å²) in [5, 5.41) is 0.707. The van der Waals surface area contributed by atoms with E-state index in [0.29, 0.717) is 22.2 Å². The molecule has 0 unspecified atom stereocenters. The Morgan fingerprint density at radius 3 is 2.03 bits per heavy atom. The van der Waals surface area contributed by atoms with E-state index >= 15 is 0 Å². The molecule has 0 saturated carbocycles. The maximum absolute atomic E-state index is 13.5. The maximum Gasteiger partial charge on any atom is 0.419 e. The molecule has 1 aromatic heterocycles. The summed E-state index contributed by atoms with van der Waals surface area (Å²) >= 11 is 0. The van der Waals surface area contributed by atoms with Crippen molar-refractivity contribution in [2.24, 2.45) is 5.41 Å². The molecule has 2 aromatic carbocycles. The van der Waals surface area contributed by atoms with Crippen molar-refractivity contribution in [3.8, 4) is 11.3 Å². The van der Waals surface area contributed by atoms with Gasteiger partial charge in [0.1, 0.15) is 5.60 Å². The van der Waals surface area contributed by atoms with Crippen molar-refractivity contribution in [2.45, 2.75) is 39.2 Å². The second-order valence-electron chi connectivity index (χ2n) is 9.26. The molecule has 7 heteroatoms. The maximum atomic E-state index is 13.5. The molecule has 7 nitrogen and oxygen atoms in total. The van der Waals surface area contributed by atoms with E-state index in [1.54, 1.807) is 26.8 Å². The fourth-order valence-electron chi connectivity index (χ4n) is 4.29. The van der Waals surface area contributed by atoms with Crippen LogP contribution in [0, 0.1) is 5.41 Å². The van der Waals surface area contributed by atoms with Gasteiger partial charge in [-0.15, -0.1) is 6.58 Å². The largest absolute Gasteiger partial charge is 0.468 e. The average molecular weight is 478 g/mol. The summed E-state index contributed by atoms with van der Waals surface area (Å²) in [6.07, 6.45) is 0.846. The number of hydrogen-bond acceptors (Lipinski definition) is 6. The molecule has 3 rings (SSSR count). The number of para-hydroxylation sites is 1. The van der Waals surface area contributed by atoms with Crippen molar-refractivity contribution < 1.29 is 28.6 Å². The van der Waals surface area contributed by atoms with Crippen molar-refractivity contribution in [2.75, 3.05) is 14.2 Å². The highest BCUT2D eigenvalue weighted by Crippen LogP contribution is 2.41. The molecule has 0 amide bonds. The lowest BCUT2D eigenvalue weighted by Gasteiger charge is -2.27. The normalized spacial score (nSPS) is 11.7. The first-order valence-electron chi connectivity index (χ1n) is 11.3. The molecule has 35 heavy (non-hydrogen) atoms. The summed E-state index contributed by atoms with van der Waals surface area (Å²) in [6, 6.07) is 16.6. The molecule has 3 aromatic rings. The van der Waals surface area contributed by atoms with Crippen molar-refractivity contribution >= 4 is 28.9 Å². The van der Waals surface area contributed by atoms with Gasteiger partial charge in [-0.05, 0) is 44.4 Å². The Morgan fingerprint density at radius 2 is 1.49 bits per heavy atom. The number of carbonyl (C=O) groups is 3. The fourth-order valence-corrected chi connectivity index (χ4v) is 4.29. The molecule has 0 aliphatic heterocycles. The molecule has 0 radical (unpaired) electrons. The Hall–Kier alpha value is -3.87. The number of fused-ring (bicyclic) bond motifs is 1. The number of benzene rings is 2. The number of allylic oxidation sites excluding steroid dienone is 1. The molecule has 0 spiro atoms. The predicted molar refractivity (Wildman–Crippen MR) is 134 cm³/mol. The summed E-state index contributed by atoms with van der Waals surface area (Å²) in [5.74, 6) is -1.48. The molecule has 0 N–H and O–H groups in total. The monoisotopic (exact) mass is 477 g/mol. The van der Waals surface area contributed by atoms with Crippen LogP contribution >= 0.6 is 0 Å². The first-order valence-corrected chi connectivity index (χ1v) is 11.3. The third-order valence-electron chi connectivity index (χ3n) is 5.73. The zero-order chi connectivity index (χ0) is 25.8. The average Bonchev–Trinajstić information content (AvgIpc) is 3.16. The van der Waals surface area contributed by atoms with Gasteiger partial charge in [0.25, 0.3) is 0 Å². The number of ether oxygens (including phenoxy) is 3. The molecule has 0 fully saturated rings. The second-order valence-corrected chi connectivity index (χ2v) is 9.26. The molecule has 1 heterocycles. The van der Waals surface area contributed by atoms with Gasteiger partial charge in [-0.25, -0.2) is 9.36 Å². The van der Waals surface area contributed by atoms with Gasteiger partial charge in [0, 0.05) is 11.8 Å². The van der Waals surface area contributed by atoms with E-state index in [1.807, 2.05) is 48.5 Å². The standard InChI is InChI=1S/C28H31NO6/c1-7-17-28(24(30)33-5,25(31)34-6)18-21-20-15-11-12-16-22(20)29(26(32)35-27(2,3)4)23(21)19-13-9-8-10-14-19/h7-16H,1,17-18H2,2-6H3. The highest BCUT2D eigenvalue weighted by molar-refractivity contribution is 6.04. The quantitative estimate of drug-likeness (QED) is 0.192. The van der Waals surface area contributed by atoms with Gasteiger partial charge in [0.2, 0.25) is 0 Å². The van der Waals surface area contributed by atoms with Crippen LogP contribution in [0.5, 0.6) is 0 Å². The van der Waals surface area contributed by atoms with Crippen LogP contribution in [0.3, 0.4) is 0 Å². The van der Waals surface area contributed by atoms with E-state index < -0.39 is 29.0 Å². The van der Waals surface area contributed by atoms with E-state index in [-0.39, 0.29) is 12.8 Å². The number of hydrogen-bond donors (Lipinski definition) is 0. The highest BCUT2D eigenvalue weighted by Gasteiger charge is 2.49. The lowest BCUT2D eigenvalue weighted by Crippen LogP contribution is -2.43. The summed E-state index contributed by atoms with van der Waals surface area (Å²) in [7, 11) is 2.45. The summed E-state index contributed by atoms with van der Waals surface area (Å²) in [6.45, 7) is 9.13. The van der Waals surface area contributed by atoms with Crippen LogP contribution in [-0.4, -0.2) is 42.4 Å². The van der Waals surface area contributed by atoms with Crippen LogP contribution in [0.15, 0.2) is 67.3 Å². The molecule has 0 atom stereocenters. The summed E-state index contributed by atoms with van der Waals surface area (Å²) in [4.78, 5) is 39.6. The number of esters is 2. The van der Waals surface area contributed by atoms with Gasteiger partial charge in [0.05, 0.1) is 25.4 Å². The van der Waals surface area contributed by atoms with Crippen LogP contribution in [0.2, 0.25) is 0 Å².